The van der Waals surface area contributed by atoms with E-state index in [0.29, 0.717) is 19.3 Å². The van der Waals surface area contributed by atoms with E-state index in [9.17, 15) is 0 Å². The minimum atomic E-state index is 0.551. The molecule has 1 unspecified atom stereocenters. The highest BCUT2D eigenvalue weighted by Gasteiger charge is 2.19. The van der Waals surface area contributed by atoms with E-state index in [0.717, 1.165) is 31.1 Å². The molecule has 104 valence electrons. The average Bonchev–Trinajstić information content (AvgIpc) is 2.43. The zero-order valence-electron chi connectivity index (χ0n) is 11.5. The largest absolute Gasteiger partial charge is 0.486 e. The number of anilines is 1. The minimum Gasteiger partial charge on any atom is -0.486 e. The van der Waals surface area contributed by atoms with Crippen LogP contribution in [0.2, 0.25) is 0 Å². The molecule has 2 heterocycles. The van der Waals surface area contributed by atoms with Gasteiger partial charge < -0.3 is 19.7 Å². The first-order chi connectivity index (χ1) is 9.34. The molecule has 0 spiro atoms. The molecule has 1 saturated heterocycles. The van der Waals surface area contributed by atoms with Crippen LogP contribution in [-0.4, -0.2) is 38.9 Å². The van der Waals surface area contributed by atoms with E-state index >= 15 is 0 Å². The third kappa shape index (κ3) is 2.78. The third-order valence-corrected chi connectivity index (χ3v) is 3.88. The fraction of sp³-hybridized carbons (Fsp3) is 0.600. The number of hydrogen-bond donors (Lipinski definition) is 1. The summed E-state index contributed by atoms with van der Waals surface area (Å²) in [6.45, 7) is 6.89. The first kappa shape index (κ1) is 12.6. The van der Waals surface area contributed by atoms with E-state index in [1.807, 2.05) is 6.07 Å². The number of benzene rings is 1. The molecule has 1 N–H and O–H groups in total. The fourth-order valence-corrected chi connectivity index (χ4v) is 2.78. The van der Waals surface area contributed by atoms with Crippen molar-refractivity contribution in [1.82, 2.24) is 5.32 Å². The standard InChI is InChI=1S/C15H22N2O2/c1-12-5-7-16-6-2-8-17(12)13-3-4-14-15(11-13)19-10-9-18-14/h3-4,11-12,16H,2,5-10H2,1H3. The second-order valence-corrected chi connectivity index (χ2v) is 5.26. The van der Waals surface area contributed by atoms with E-state index in [-0.39, 0.29) is 0 Å². The molecule has 1 atom stereocenters. The maximum atomic E-state index is 5.68. The average molecular weight is 262 g/mol. The Kier molecular flexibility index (Phi) is 3.78. The van der Waals surface area contributed by atoms with Gasteiger partial charge in [0.2, 0.25) is 0 Å². The smallest absolute Gasteiger partial charge is 0.163 e. The number of nitrogens with zero attached hydrogens (tertiary/aromatic N) is 1. The summed E-state index contributed by atoms with van der Waals surface area (Å²) in [5, 5.41) is 3.47. The van der Waals surface area contributed by atoms with Gasteiger partial charge in [0.15, 0.2) is 11.5 Å². The Hall–Kier alpha value is -1.42. The fourth-order valence-electron chi connectivity index (χ4n) is 2.78. The Morgan fingerprint density at radius 2 is 2.00 bits per heavy atom. The first-order valence-corrected chi connectivity index (χ1v) is 7.21. The van der Waals surface area contributed by atoms with Gasteiger partial charge in [0.05, 0.1) is 0 Å². The number of ether oxygens (including phenoxy) is 2. The van der Waals surface area contributed by atoms with Crippen LogP contribution in [0, 0.1) is 0 Å². The molecule has 0 amide bonds. The molecule has 2 aliphatic rings. The van der Waals surface area contributed by atoms with Crippen molar-refractivity contribution in [1.29, 1.82) is 0 Å². The Labute approximate surface area is 114 Å². The summed E-state index contributed by atoms with van der Waals surface area (Å²) in [5.41, 5.74) is 1.25. The van der Waals surface area contributed by atoms with Gasteiger partial charge in [0.25, 0.3) is 0 Å². The summed E-state index contributed by atoms with van der Waals surface area (Å²) in [6, 6.07) is 6.86. The quantitative estimate of drug-likeness (QED) is 0.839. The van der Waals surface area contributed by atoms with Crippen molar-refractivity contribution < 1.29 is 9.47 Å². The molecule has 0 bridgehead atoms. The van der Waals surface area contributed by atoms with Crippen LogP contribution in [0.3, 0.4) is 0 Å². The third-order valence-electron chi connectivity index (χ3n) is 3.88. The first-order valence-electron chi connectivity index (χ1n) is 7.21. The predicted octanol–water partition coefficient (Wildman–Crippen LogP) is 2.04. The molecule has 1 fully saturated rings. The highest BCUT2D eigenvalue weighted by Crippen LogP contribution is 2.34. The number of rotatable bonds is 1. The molecule has 1 aromatic carbocycles. The van der Waals surface area contributed by atoms with Gasteiger partial charge in [0, 0.05) is 24.3 Å². The lowest BCUT2D eigenvalue weighted by molar-refractivity contribution is 0.171. The molecule has 4 nitrogen and oxygen atoms in total. The maximum absolute atomic E-state index is 5.68. The monoisotopic (exact) mass is 262 g/mol. The van der Waals surface area contributed by atoms with Crippen molar-refractivity contribution in [2.45, 2.75) is 25.8 Å². The normalized spacial score (nSPS) is 23.6. The second-order valence-electron chi connectivity index (χ2n) is 5.26. The molecular weight excluding hydrogens is 240 g/mol. The van der Waals surface area contributed by atoms with Gasteiger partial charge >= 0.3 is 0 Å². The summed E-state index contributed by atoms with van der Waals surface area (Å²) < 4.78 is 11.3. The molecule has 0 radical (unpaired) electrons. The summed E-state index contributed by atoms with van der Waals surface area (Å²) in [7, 11) is 0. The molecule has 0 aromatic heterocycles. The zero-order valence-corrected chi connectivity index (χ0v) is 11.5. The van der Waals surface area contributed by atoms with Crippen LogP contribution in [0.1, 0.15) is 19.8 Å². The molecule has 1 aromatic rings. The molecule has 0 aliphatic carbocycles. The molecule has 19 heavy (non-hydrogen) atoms. The SMILES string of the molecule is CC1CCNCCCN1c1ccc2c(c1)OCCO2. The molecule has 0 saturated carbocycles. The van der Waals surface area contributed by atoms with Crippen LogP contribution in [-0.2, 0) is 0 Å². The summed E-state index contributed by atoms with van der Waals surface area (Å²) >= 11 is 0. The van der Waals surface area contributed by atoms with E-state index in [1.165, 1.54) is 18.5 Å². The van der Waals surface area contributed by atoms with Crippen molar-refractivity contribution in [2.24, 2.45) is 0 Å². The van der Waals surface area contributed by atoms with E-state index in [2.05, 4.69) is 29.3 Å². The van der Waals surface area contributed by atoms with Crippen LogP contribution in [0.4, 0.5) is 5.69 Å². The number of fused-ring (bicyclic) bond motifs is 1. The van der Waals surface area contributed by atoms with Crippen LogP contribution in [0.5, 0.6) is 11.5 Å². The lowest BCUT2D eigenvalue weighted by Crippen LogP contribution is -2.40. The van der Waals surface area contributed by atoms with Crippen LogP contribution in [0.15, 0.2) is 18.2 Å². The molecule has 2 aliphatic heterocycles. The van der Waals surface area contributed by atoms with Crippen molar-refractivity contribution >= 4 is 5.69 Å². The molecule has 4 heteroatoms. The summed E-state index contributed by atoms with van der Waals surface area (Å²) in [6.07, 6.45) is 2.35. The van der Waals surface area contributed by atoms with Crippen molar-refractivity contribution in [3.8, 4) is 11.5 Å². The summed E-state index contributed by atoms with van der Waals surface area (Å²) in [4.78, 5) is 2.49. The Morgan fingerprint density at radius 3 is 2.89 bits per heavy atom. The maximum Gasteiger partial charge on any atom is 0.163 e. The lowest BCUT2D eigenvalue weighted by atomic mass is 10.1. The second kappa shape index (κ2) is 5.70. The summed E-state index contributed by atoms with van der Waals surface area (Å²) in [5.74, 6) is 1.76. The van der Waals surface area contributed by atoms with Crippen molar-refractivity contribution in [3.63, 3.8) is 0 Å². The Balaban J connectivity index is 1.82. The van der Waals surface area contributed by atoms with Gasteiger partial charge in [-0.1, -0.05) is 0 Å². The predicted molar refractivity (Wildman–Crippen MR) is 76.3 cm³/mol. The van der Waals surface area contributed by atoms with Gasteiger partial charge in [-0.15, -0.1) is 0 Å². The van der Waals surface area contributed by atoms with Crippen LogP contribution < -0.4 is 19.7 Å². The van der Waals surface area contributed by atoms with Gasteiger partial charge in [-0.3, -0.25) is 0 Å². The Bertz CT molecular complexity index is 436. The van der Waals surface area contributed by atoms with Crippen LogP contribution >= 0.6 is 0 Å². The van der Waals surface area contributed by atoms with Gasteiger partial charge in [-0.25, -0.2) is 0 Å². The highest BCUT2D eigenvalue weighted by molar-refractivity contribution is 5.57. The minimum absolute atomic E-state index is 0.551. The highest BCUT2D eigenvalue weighted by atomic mass is 16.6. The van der Waals surface area contributed by atoms with Gasteiger partial charge in [-0.2, -0.15) is 0 Å². The topological polar surface area (TPSA) is 33.7 Å². The van der Waals surface area contributed by atoms with E-state index < -0.39 is 0 Å². The van der Waals surface area contributed by atoms with Gasteiger partial charge in [-0.05, 0) is 45.0 Å². The molecule has 3 rings (SSSR count). The molecular formula is C15H22N2O2. The van der Waals surface area contributed by atoms with E-state index in [4.69, 9.17) is 9.47 Å². The van der Waals surface area contributed by atoms with Crippen LogP contribution in [0.25, 0.3) is 0 Å². The van der Waals surface area contributed by atoms with Crippen molar-refractivity contribution in [2.75, 3.05) is 37.7 Å². The van der Waals surface area contributed by atoms with Crippen molar-refractivity contribution in [3.05, 3.63) is 18.2 Å². The Morgan fingerprint density at radius 1 is 1.16 bits per heavy atom. The van der Waals surface area contributed by atoms with Gasteiger partial charge in [0.1, 0.15) is 13.2 Å². The lowest BCUT2D eigenvalue weighted by Gasteiger charge is -2.34. The number of nitrogens with one attached hydrogen (secondary N) is 1. The number of hydrogen-bond acceptors (Lipinski definition) is 4. The van der Waals surface area contributed by atoms with E-state index in [1.54, 1.807) is 0 Å². The zero-order chi connectivity index (χ0) is 13.1.